The molecule has 1 aromatic rings. The van der Waals surface area contributed by atoms with Crippen LogP contribution >= 0.6 is 15.9 Å². The summed E-state index contributed by atoms with van der Waals surface area (Å²) in [5.41, 5.74) is 0. The van der Waals surface area contributed by atoms with Crippen molar-refractivity contribution in [2.45, 2.75) is 39.7 Å². The first-order chi connectivity index (χ1) is 7.68. The molecule has 16 heavy (non-hydrogen) atoms. The molecule has 0 amide bonds. The Labute approximate surface area is 107 Å². The Kier molecular flexibility index (Phi) is 6.73. The molecule has 1 aromatic heterocycles. The Hall–Kier alpha value is -0.350. The van der Waals surface area contributed by atoms with Gasteiger partial charge in [0.15, 0.2) is 0 Å². The van der Waals surface area contributed by atoms with Gasteiger partial charge in [-0.3, -0.25) is 4.68 Å². The van der Waals surface area contributed by atoms with Crippen LogP contribution in [0.2, 0.25) is 0 Å². The summed E-state index contributed by atoms with van der Waals surface area (Å²) in [6.45, 7) is 7.77. The molecule has 4 heteroatoms. The fourth-order valence-corrected chi connectivity index (χ4v) is 1.88. The van der Waals surface area contributed by atoms with Crippen molar-refractivity contribution in [1.29, 1.82) is 0 Å². The van der Waals surface area contributed by atoms with Crippen molar-refractivity contribution in [3.05, 3.63) is 16.9 Å². The van der Waals surface area contributed by atoms with E-state index in [9.17, 15) is 0 Å². The van der Waals surface area contributed by atoms with Crippen LogP contribution in [0.25, 0.3) is 0 Å². The van der Waals surface area contributed by atoms with Crippen molar-refractivity contribution in [2.24, 2.45) is 5.92 Å². The Morgan fingerprint density at radius 3 is 2.81 bits per heavy atom. The lowest BCUT2D eigenvalue weighted by Crippen LogP contribution is -2.20. The molecule has 0 aliphatic heterocycles. The van der Waals surface area contributed by atoms with E-state index in [-0.39, 0.29) is 0 Å². The number of hydrogen-bond donors (Lipinski definition) is 1. The number of aromatic nitrogens is 2. The third kappa shape index (κ3) is 6.28. The molecule has 3 nitrogen and oxygen atoms in total. The van der Waals surface area contributed by atoms with Crippen molar-refractivity contribution in [1.82, 2.24) is 15.1 Å². The van der Waals surface area contributed by atoms with Crippen LogP contribution in [-0.4, -0.2) is 22.9 Å². The Morgan fingerprint density at radius 1 is 1.38 bits per heavy atom. The van der Waals surface area contributed by atoms with Crippen molar-refractivity contribution < 1.29 is 0 Å². The van der Waals surface area contributed by atoms with Crippen molar-refractivity contribution in [3.63, 3.8) is 0 Å². The van der Waals surface area contributed by atoms with Crippen LogP contribution in [0, 0.1) is 5.92 Å². The van der Waals surface area contributed by atoms with Gasteiger partial charge in [-0.15, -0.1) is 0 Å². The van der Waals surface area contributed by atoms with Gasteiger partial charge in [-0.05, 0) is 47.8 Å². The predicted octanol–water partition coefficient (Wildman–Crippen LogP) is 3.06. The van der Waals surface area contributed by atoms with Crippen molar-refractivity contribution in [3.8, 4) is 0 Å². The second kappa shape index (κ2) is 7.85. The quantitative estimate of drug-likeness (QED) is 0.745. The van der Waals surface area contributed by atoms with Gasteiger partial charge in [-0.1, -0.05) is 20.3 Å². The molecule has 1 N–H and O–H groups in total. The average Bonchev–Trinajstić information content (AvgIpc) is 2.62. The number of rotatable bonds is 8. The smallest absolute Gasteiger partial charge is 0.0632 e. The first kappa shape index (κ1) is 13.7. The molecule has 0 bridgehead atoms. The van der Waals surface area contributed by atoms with Gasteiger partial charge in [0.05, 0.1) is 10.7 Å². The molecule has 1 rings (SSSR count). The topological polar surface area (TPSA) is 29.9 Å². The van der Waals surface area contributed by atoms with E-state index >= 15 is 0 Å². The predicted molar refractivity (Wildman–Crippen MR) is 71.5 cm³/mol. The summed E-state index contributed by atoms with van der Waals surface area (Å²) in [5, 5.41) is 7.68. The average molecular weight is 288 g/mol. The highest BCUT2D eigenvalue weighted by molar-refractivity contribution is 9.10. The van der Waals surface area contributed by atoms with Crippen LogP contribution in [0.1, 0.15) is 33.1 Å². The third-order valence-electron chi connectivity index (χ3n) is 2.40. The molecule has 1 heterocycles. The minimum atomic E-state index is 0.751. The van der Waals surface area contributed by atoms with Gasteiger partial charge in [-0.25, -0.2) is 0 Å². The maximum Gasteiger partial charge on any atom is 0.0632 e. The Balaban J connectivity index is 1.92. The van der Waals surface area contributed by atoms with Crippen molar-refractivity contribution >= 4 is 15.9 Å². The van der Waals surface area contributed by atoms with Gasteiger partial charge >= 0.3 is 0 Å². The summed E-state index contributed by atoms with van der Waals surface area (Å²) in [5.74, 6) is 0.751. The van der Waals surface area contributed by atoms with E-state index in [0.717, 1.165) is 30.0 Å². The molecule has 0 fully saturated rings. The molecule has 0 radical (unpaired) electrons. The molecule has 0 unspecified atom stereocenters. The molecule has 0 atom stereocenters. The maximum absolute atomic E-state index is 4.23. The highest BCUT2D eigenvalue weighted by Crippen LogP contribution is 2.07. The fourth-order valence-electron chi connectivity index (χ4n) is 1.55. The van der Waals surface area contributed by atoms with Crippen LogP contribution in [0.4, 0.5) is 0 Å². The minimum absolute atomic E-state index is 0.751. The highest BCUT2D eigenvalue weighted by Gasteiger charge is 1.96. The first-order valence-corrected chi connectivity index (χ1v) is 6.86. The van der Waals surface area contributed by atoms with Gasteiger partial charge in [0.2, 0.25) is 0 Å². The van der Waals surface area contributed by atoms with Gasteiger partial charge in [0.1, 0.15) is 0 Å². The SMILES string of the molecule is CC(C)CNCCCCCn1cc(Br)cn1. The van der Waals surface area contributed by atoms with Crippen LogP contribution in [-0.2, 0) is 6.54 Å². The van der Waals surface area contributed by atoms with Gasteiger partial charge < -0.3 is 5.32 Å². The highest BCUT2D eigenvalue weighted by atomic mass is 79.9. The van der Waals surface area contributed by atoms with E-state index in [4.69, 9.17) is 0 Å². The number of nitrogens with zero attached hydrogens (tertiary/aromatic N) is 2. The molecular formula is C12H22BrN3. The normalized spacial score (nSPS) is 11.2. The largest absolute Gasteiger partial charge is 0.316 e. The van der Waals surface area contributed by atoms with Crippen LogP contribution in [0.15, 0.2) is 16.9 Å². The summed E-state index contributed by atoms with van der Waals surface area (Å²) >= 11 is 3.40. The van der Waals surface area contributed by atoms with E-state index in [1.807, 2.05) is 17.1 Å². The summed E-state index contributed by atoms with van der Waals surface area (Å²) in [6.07, 6.45) is 7.59. The van der Waals surface area contributed by atoms with E-state index in [1.54, 1.807) is 0 Å². The van der Waals surface area contributed by atoms with E-state index in [1.165, 1.54) is 19.3 Å². The van der Waals surface area contributed by atoms with Gasteiger partial charge in [0.25, 0.3) is 0 Å². The molecule has 0 spiro atoms. The monoisotopic (exact) mass is 287 g/mol. The number of hydrogen-bond acceptors (Lipinski definition) is 2. The zero-order valence-corrected chi connectivity index (χ0v) is 11.8. The lowest BCUT2D eigenvalue weighted by molar-refractivity contribution is 0.506. The Morgan fingerprint density at radius 2 is 2.19 bits per heavy atom. The molecule has 0 aromatic carbocycles. The standard InChI is InChI=1S/C12H22BrN3/c1-11(2)8-14-6-4-3-5-7-16-10-12(13)9-15-16/h9-11,14H,3-8H2,1-2H3. The maximum atomic E-state index is 4.23. The minimum Gasteiger partial charge on any atom is -0.316 e. The first-order valence-electron chi connectivity index (χ1n) is 6.07. The zero-order chi connectivity index (χ0) is 11.8. The third-order valence-corrected chi connectivity index (χ3v) is 2.80. The fraction of sp³-hybridized carbons (Fsp3) is 0.750. The molecule has 0 aliphatic carbocycles. The van der Waals surface area contributed by atoms with Crippen molar-refractivity contribution in [2.75, 3.05) is 13.1 Å². The molecule has 0 saturated heterocycles. The molecule has 0 aliphatic rings. The summed E-state index contributed by atoms with van der Waals surface area (Å²) in [4.78, 5) is 0. The number of nitrogens with one attached hydrogen (secondary N) is 1. The van der Waals surface area contributed by atoms with Gasteiger partial charge in [-0.2, -0.15) is 5.10 Å². The second-order valence-electron chi connectivity index (χ2n) is 4.58. The second-order valence-corrected chi connectivity index (χ2v) is 5.50. The summed E-state index contributed by atoms with van der Waals surface area (Å²) in [6, 6.07) is 0. The lowest BCUT2D eigenvalue weighted by Gasteiger charge is -2.07. The molecule has 92 valence electrons. The molecule has 0 saturated carbocycles. The number of unbranched alkanes of at least 4 members (excludes halogenated alkanes) is 2. The van der Waals surface area contributed by atoms with E-state index < -0.39 is 0 Å². The van der Waals surface area contributed by atoms with Crippen LogP contribution in [0.5, 0.6) is 0 Å². The number of aryl methyl sites for hydroxylation is 1. The Bertz CT molecular complexity index is 284. The summed E-state index contributed by atoms with van der Waals surface area (Å²) < 4.78 is 3.05. The van der Waals surface area contributed by atoms with E-state index in [0.29, 0.717) is 0 Å². The molecular weight excluding hydrogens is 266 g/mol. The number of halogens is 1. The lowest BCUT2D eigenvalue weighted by atomic mass is 10.2. The van der Waals surface area contributed by atoms with Crippen LogP contribution < -0.4 is 5.32 Å². The van der Waals surface area contributed by atoms with Gasteiger partial charge in [0, 0.05) is 12.7 Å². The van der Waals surface area contributed by atoms with E-state index in [2.05, 4.69) is 40.2 Å². The van der Waals surface area contributed by atoms with Crippen LogP contribution in [0.3, 0.4) is 0 Å². The summed E-state index contributed by atoms with van der Waals surface area (Å²) in [7, 11) is 0. The zero-order valence-electron chi connectivity index (χ0n) is 10.2.